The van der Waals surface area contributed by atoms with Crippen LogP contribution in [0.2, 0.25) is 0 Å². The summed E-state index contributed by atoms with van der Waals surface area (Å²) in [5, 5.41) is 0. The quantitative estimate of drug-likeness (QED) is 0.622. The SMILES string of the molecule is CO[C@@H]1COCC[C@@H]1C[C@@H]1C[C@H]2OCC[C@@]2(C(=O)N2CCN(c3cccc(C(F)(F)F)n3)CC2)C1. The predicted molar refractivity (Wildman–Crippen MR) is 122 cm³/mol. The third-order valence-electron chi connectivity index (χ3n) is 8.41. The van der Waals surface area contributed by atoms with E-state index in [1.54, 1.807) is 13.2 Å². The van der Waals surface area contributed by atoms with Gasteiger partial charge in [0.25, 0.3) is 0 Å². The Bertz CT molecular complexity index is 908. The number of halogens is 3. The van der Waals surface area contributed by atoms with Gasteiger partial charge in [-0.2, -0.15) is 13.2 Å². The van der Waals surface area contributed by atoms with Crippen molar-refractivity contribution < 1.29 is 32.2 Å². The molecular formula is C25H34F3N3O4. The molecule has 4 fully saturated rings. The lowest BCUT2D eigenvalue weighted by Gasteiger charge is -2.40. The summed E-state index contributed by atoms with van der Waals surface area (Å²) >= 11 is 0. The minimum absolute atomic E-state index is 0.0519. The highest BCUT2D eigenvalue weighted by molar-refractivity contribution is 5.84. The van der Waals surface area contributed by atoms with Crippen LogP contribution in [0.1, 0.15) is 37.8 Å². The number of aromatic nitrogens is 1. The maximum Gasteiger partial charge on any atom is 0.433 e. The zero-order valence-corrected chi connectivity index (χ0v) is 20.1. The third kappa shape index (κ3) is 4.89. The summed E-state index contributed by atoms with van der Waals surface area (Å²) in [5.74, 6) is 1.31. The maximum absolute atomic E-state index is 13.8. The van der Waals surface area contributed by atoms with Gasteiger partial charge in [-0.25, -0.2) is 4.98 Å². The summed E-state index contributed by atoms with van der Waals surface area (Å²) in [6.45, 7) is 3.86. The second-order valence-corrected chi connectivity index (χ2v) is 10.4. The van der Waals surface area contributed by atoms with Gasteiger partial charge < -0.3 is 24.0 Å². The molecule has 1 aromatic rings. The zero-order valence-electron chi connectivity index (χ0n) is 20.1. The predicted octanol–water partition coefficient (Wildman–Crippen LogP) is 3.38. The van der Waals surface area contributed by atoms with Crippen LogP contribution in [0.3, 0.4) is 0 Å². The van der Waals surface area contributed by atoms with Gasteiger partial charge >= 0.3 is 6.18 Å². The van der Waals surface area contributed by atoms with Gasteiger partial charge in [0.1, 0.15) is 11.5 Å². The number of alkyl halides is 3. The topological polar surface area (TPSA) is 64.1 Å². The number of hydrogen-bond acceptors (Lipinski definition) is 6. The average Bonchev–Trinajstić information content (AvgIpc) is 3.41. The smallest absolute Gasteiger partial charge is 0.379 e. The van der Waals surface area contributed by atoms with E-state index in [4.69, 9.17) is 14.2 Å². The number of methoxy groups -OCH3 is 1. The van der Waals surface area contributed by atoms with Crippen LogP contribution in [0.5, 0.6) is 0 Å². The standard InChI is InChI=1S/C25H34F3N3O4/c1-33-19-16-34-11-5-18(19)13-17-14-21-24(15-17,6-12-35-21)23(32)31-9-7-30(8-10-31)22-4-2-3-20(29-22)25(26,27)28/h2-4,17-19,21H,5-16H2,1H3/t17-,18-,19-,21-,24-/m1/s1. The van der Waals surface area contributed by atoms with Crippen molar-refractivity contribution in [1.29, 1.82) is 0 Å². The van der Waals surface area contributed by atoms with E-state index in [1.807, 2.05) is 9.80 Å². The highest BCUT2D eigenvalue weighted by Crippen LogP contribution is 2.53. The number of anilines is 1. The van der Waals surface area contributed by atoms with Crippen LogP contribution in [-0.2, 0) is 25.2 Å². The van der Waals surface area contributed by atoms with Gasteiger partial charge in [-0.15, -0.1) is 0 Å². The Morgan fingerprint density at radius 1 is 1.23 bits per heavy atom. The summed E-state index contributed by atoms with van der Waals surface area (Å²) in [4.78, 5) is 21.3. The Morgan fingerprint density at radius 3 is 2.77 bits per heavy atom. The van der Waals surface area contributed by atoms with E-state index >= 15 is 0 Å². The first-order valence-corrected chi connectivity index (χ1v) is 12.6. The second kappa shape index (κ2) is 9.86. The van der Waals surface area contributed by atoms with Crippen molar-refractivity contribution in [2.75, 3.05) is 58.0 Å². The van der Waals surface area contributed by atoms with E-state index in [-0.39, 0.29) is 18.1 Å². The lowest BCUT2D eigenvalue weighted by molar-refractivity contribution is -0.144. The van der Waals surface area contributed by atoms with Crippen LogP contribution < -0.4 is 4.90 Å². The summed E-state index contributed by atoms with van der Waals surface area (Å²) in [5.41, 5.74) is -1.37. The average molecular weight is 498 g/mol. The van der Waals surface area contributed by atoms with Gasteiger partial charge in [-0.1, -0.05) is 6.07 Å². The molecule has 1 aromatic heterocycles. The first-order chi connectivity index (χ1) is 16.8. The minimum Gasteiger partial charge on any atom is -0.379 e. The molecule has 0 aromatic carbocycles. The third-order valence-corrected chi connectivity index (χ3v) is 8.41. The minimum atomic E-state index is -4.47. The van der Waals surface area contributed by atoms with Gasteiger partial charge in [0.15, 0.2) is 0 Å². The molecule has 0 spiro atoms. The number of piperazine rings is 1. The first-order valence-electron chi connectivity index (χ1n) is 12.6. The normalized spacial score (nSPS) is 33.7. The van der Waals surface area contributed by atoms with Crippen LogP contribution in [0.15, 0.2) is 18.2 Å². The van der Waals surface area contributed by atoms with Gasteiger partial charge in [-0.05, 0) is 56.1 Å². The van der Waals surface area contributed by atoms with E-state index < -0.39 is 17.3 Å². The molecule has 5 rings (SSSR count). The number of ether oxygens (including phenoxy) is 3. The fourth-order valence-electron chi connectivity index (χ4n) is 6.57. The molecule has 1 saturated carbocycles. The number of fused-ring (bicyclic) bond motifs is 1. The Labute approximate surface area is 203 Å². The summed E-state index contributed by atoms with van der Waals surface area (Å²) < 4.78 is 56.5. The molecule has 0 unspecified atom stereocenters. The van der Waals surface area contributed by atoms with Crippen molar-refractivity contribution in [3.63, 3.8) is 0 Å². The molecule has 0 radical (unpaired) electrons. The van der Waals surface area contributed by atoms with Crippen LogP contribution in [0, 0.1) is 17.3 Å². The molecule has 1 aliphatic carbocycles. The summed E-state index contributed by atoms with van der Waals surface area (Å²) in [7, 11) is 1.73. The van der Waals surface area contributed by atoms with Crippen molar-refractivity contribution in [3.8, 4) is 0 Å². The van der Waals surface area contributed by atoms with E-state index in [0.29, 0.717) is 57.0 Å². The van der Waals surface area contributed by atoms with Crippen molar-refractivity contribution in [1.82, 2.24) is 9.88 Å². The van der Waals surface area contributed by atoms with Crippen LogP contribution in [-0.4, -0.2) is 81.1 Å². The number of hydrogen-bond donors (Lipinski definition) is 0. The van der Waals surface area contributed by atoms with Gasteiger partial charge in [0.2, 0.25) is 5.91 Å². The monoisotopic (exact) mass is 497 g/mol. The lowest BCUT2D eigenvalue weighted by atomic mass is 9.78. The molecule has 0 bridgehead atoms. The lowest BCUT2D eigenvalue weighted by Crippen LogP contribution is -2.54. The molecule has 5 atom stereocenters. The Hall–Kier alpha value is -1.91. The molecule has 35 heavy (non-hydrogen) atoms. The largest absolute Gasteiger partial charge is 0.433 e. The zero-order chi connectivity index (χ0) is 24.6. The van der Waals surface area contributed by atoms with Crippen LogP contribution in [0.25, 0.3) is 0 Å². The number of amides is 1. The fourth-order valence-corrected chi connectivity index (χ4v) is 6.57. The Kier molecular flexibility index (Phi) is 6.98. The molecule has 1 amide bonds. The van der Waals surface area contributed by atoms with Gasteiger partial charge in [-0.3, -0.25) is 4.79 Å². The van der Waals surface area contributed by atoms with Gasteiger partial charge in [0.05, 0.1) is 24.2 Å². The van der Waals surface area contributed by atoms with E-state index in [0.717, 1.165) is 44.8 Å². The van der Waals surface area contributed by atoms with Gasteiger partial charge in [0, 0.05) is 46.5 Å². The van der Waals surface area contributed by atoms with E-state index in [2.05, 4.69) is 4.98 Å². The van der Waals surface area contributed by atoms with Crippen LogP contribution >= 0.6 is 0 Å². The van der Waals surface area contributed by atoms with Crippen molar-refractivity contribution in [3.05, 3.63) is 23.9 Å². The highest BCUT2D eigenvalue weighted by Gasteiger charge is 2.57. The fraction of sp³-hybridized carbons (Fsp3) is 0.760. The number of carbonyl (C=O) groups excluding carboxylic acids is 1. The summed E-state index contributed by atoms with van der Waals surface area (Å²) in [6, 6.07) is 3.96. The molecule has 0 N–H and O–H groups in total. The van der Waals surface area contributed by atoms with Crippen LogP contribution in [0.4, 0.5) is 19.0 Å². The Morgan fingerprint density at radius 2 is 2.03 bits per heavy atom. The Balaban J connectivity index is 1.22. The maximum atomic E-state index is 13.8. The number of nitrogens with zero attached hydrogens (tertiary/aromatic N) is 3. The molecule has 10 heteroatoms. The molecule has 3 aliphatic heterocycles. The van der Waals surface area contributed by atoms with Crippen molar-refractivity contribution in [2.24, 2.45) is 17.3 Å². The van der Waals surface area contributed by atoms with Crippen molar-refractivity contribution in [2.45, 2.75) is 50.5 Å². The molecular weight excluding hydrogens is 463 g/mol. The number of rotatable bonds is 5. The first kappa shape index (κ1) is 24.8. The molecule has 194 valence electrons. The second-order valence-electron chi connectivity index (χ2n) is 10.4. The number of pyridine rings is 1. The molecule has 7 nitrogen and oxygen atoms in total. The summed E-state index contributed by atoms with van der Waals surface area (Å²) in [6.07, 6.45) is 0.0474. The number of carbonyl (C=O) groups is 1. The molecule has 4 aliphatic rings. The highest BCUT2D eigenvalue weighted by atomic mass is 19.4. The molecule has 3 saturated heterocycles. The van der Waals surface area contributed by atoms with Crippen molar-refractivity contribution >= 4 is 11.7 Å². The van der Waals surface area contributed by atoms with E-state index in [9.17, 15) is 18.0 Å². The van der Waals surface area contributed by atoms with E-state index in [1.165, 1.54) is 6.07 Å². The molecule has 4 heterocycles.